The second-order valence-corrected chi connectivity index (χ2v) is 5.02. The van der Waals surface area contributed by atoms with Crippen LogP contribution in [0.2, 0.25) is 0 Å². The van der Waals surface area contributed by atoms with Crippen molar-refractivity contribution in [1.82, 2.24) is 0 Å². The predicted molar refractivity (Wildman–Crippen MR) is 63.4 cm³/mol. The molecule has 0 saturated heterocycles. The van der Waals surface area contributed by atoms with Crippen molar-refractivity contribution in [2.45, 2.75) is 6.18 Å². The van der Waals surface area contributed by atoms with E-state index in [4.69, 9.17) is 11.5 Å². The Morgan fingerprint density at radius 3 is 1.40 bits per heavy atom. The predicted octanol–water partition coefficient (Wildman–Crippen LogP) is 4.16. The molecule has 0 amide bonds. The van der Waals surface area contributed by atoms with Gasteiger partial charge in [-0.25, -0.2) is 0 Å². The number of halogens is 6. The van der Waals surface area contributed by atoms with Gasteiger partial charge in [-0.2, -0.15) is 13.2 Å². The van der Waals surface area contributed by atoms with Crippen LogP contribution >= 0.6 is 47.8 Å². The molecule has 84 valence electrons. The molecule has 0 saturated carbocycles. The highest BCUT2D eigenvalue weighted by Gasteiger charge is 2.38. The fourth-order valence-electron chi connectivity index (χ4n) is 0.952. The Bertz CT molecular complexity index is 388. The number of anilines is 2. The van der Waals surface area contributed by atoms with E-state index in [1.807, 2.05) is 0 Å². The van der Waals surface area contributed by atoms with Crippen LogP contribution in [-0.4, -0.2) is 0 Å². The summed E-state index contributed by atoms with van der Waals surface area (Å²) >= 11 is 8.59. The van der Waals surface area contributed by atoms with Gasteiger partial charge in [-0.05, 0) is 47.8 Å². The Kier molecular flexibility index (Phi) is 3.62. The molecule has 2 nitrogen and oxygen atoms in total. The molecule has 0 aliphatic heterocycles. The number of nitrogens with two attached hydrogens (primary N) is 2. The molecule has 1 aromatic rings. The lowest BCUT2D eigenvalue weighted by Gasteiger charge is -2.16. The van der Waals surface area contributed by atoms with Crippen molar-refractivity contribution >= 4 is 59.2 Å². The van der Waals surface area contributed by atoms with E-state index in [9.17, 15) is 13.2 Å². The number of nitrogen functional groups attached to an aromatic ring is 2. The average molecular weight is 413 g/mol. The van der Waals surface area contributed by atoms with Crippen LogP contribution in [0.15, 0.2) is 13.4 Å². The van der Waals surface area contributed by atoms with E-state index in [0.717, 1.165) is 0 Å². The highest BCUT2D eigenvalue weighted by atomic mass is 79.9. The Balaban J connectivity index is 3.68. The Morgan fingerprint density at radius 1 is 0.800 bits per heavy atom. The first-order chi connectivity index (χ1) is 6.68. The quantitative estimate of drug-likeness (QED) is 0.629. The zero-order valence-corrected chi connectivity index (χ0v) is 11.7. The first-order valence-corrected chi connectivity index (χ1v) is 5.84. The van der Waals surface area contributed by atoms with Crippen molar-refractivity contribution in [1.29, 1.82) is 0 Å². The lowest BCUT2D eigenvalue weighted by molar-refractivity contribution is -0.138. The van der Waals surface area contributed by atoms with Gasteiger partial charge in [0.2, 0.25) is 0 Å². The molecule has 4 N–H and O–H groups in total. The third-order valence-electron chi connectivity index (χ3n) is 1.67. The van der Waals surface area contributed by atoms with Gasteiger partial charge in [-0.1, -0.05) is 0 Å². The van der Waals surface area contributed by atoms with Gasteiger partial charge in [0.05, 0.1) is 30.4 Å². The van der Waals surface area contributed by atoms with Gasteiger partial charge < -0.3 is 11.5 Å². The van der Waals surface area contributed by atoms with E-state index in [1.54, 1.807) is 0 Å². The summed E-state index contributed by atoms with van der Waals surface area (Å²) in [7, 11) is 0. The summed E-state index contributed by atoms with van der Waals surface area (Å²) in [6.07, 6.45) is -4.53. The molecule has 0 aliphatic carbocycles. The molecule has 1 aromatic carbocycles. The number of benzene rings is 1. The van der Waals surface area contributed by atoms with Crippen molar-refractivity contribution in [3.63, 3.8) is 0 Å². The molecule has 8 heteroatoms. The minimum absolute atomic E-state index is 0.0805. The summed E-state index contributed by atoms with van der Waals surface area (Å²) in [6.45, 7) is 0. The van der Waals surface area contributed by atoms with Gasteiger partial charge in [0.1, 0.15) is 0 Å². The normalized spacial score (nSPS) is 11.9. The maximum atomic E-state index is 12.6. The molecule has 0 bridgehead atoms. The van der Waals surface area contributed by atoms with Gasteiger partial charge in [0.25, 0.3) is 0 Å². The molecule has 1 rings (SSSR count). The van der Waals surface area contributed by atoms with Crippen LogP contribution in [0.5, 0.6) is 0 Å². The lowest BCUT2D eigenvalue weighted by Crippen LogP contribution is -2.11. The van der Waals surface area contributed by atoms with E-state index in [1.165, 1.54) is 0 Å². The smallest absolute Gasteiger partial charge is 0.397 e. The number of alkyl halides is 3. The molecule has 0 heterocycles. The summed E-state index contributed by atoms with van der Waals surface area (Å²) in [5, 5.41) is 0. The molecular formula is C7H4Br3F3N2. The summed E-state index contributed by atoms with van der Waals surface area (Å²) in [6, 6.07) is 0. The highest BCUT2D eigenvalue weighted by molar-refractivity contribution is 9.12. The number of hydrogen-bond donors (Lipinski definition) is 2. The highest BCUT2D eigenvalue weighted by Crippen LogP contribution is 2.48. The molecule has 0 aromatic heterocycles. The van der Waals surface area contributed by atoms with Crippen LogP contribution in [0.3, 0.4) is 0 Å². The monoisotopic (exact) mass is 410 g/mol. The maximum Gasteiger partial charge on any atom is 0.418 e. The van der Waals surface area contributed by atoms with E-state index >= 15 is 0 Å². The summed E-state index contributed by atoms with van der Waals surface area (Å²) in [4.78, 5) is 0. The molecule has 0 radical (unpaired) electrons. The van der Waals surface area contributed by atoms with E-state index in [2.05, 4.69) is 47.8 Å². The van der Waals surface area contributed by atoms with Crippen LogP contribution in [-0.2, 0) is 6.18 Å². The van der Waals surface area contributed by atoms with Crippen LogP contribution in [0.4, 0.5) is 24.5 Å². The van der Waals surface area contributed by atoms with Gasteiger partial charge in [0, 0.05) is 0 Å². The summed E-state index contributed by atoms with van der Waals surface area (Å²) in [5.74, 6) is 0. The summed E-state index contributed by atoms with van der Waals surface area (Å²) in [5.41, 5.74) is 9.83. The minimum Gasteiger partial charge on any atom is -0.397 e. The van der Waals surface area contributed by atoms with E-state index < -0.39 is 11.7 Å². The van der Waals surface area contributed by atoms with Gasteiger partial charge in [-0.15, -0.1) is 0 Å². The van der Waals surface area contributed by atoms with Crippen LogP contribution < -0.4 is 11.5 Å². The Morgan fingerprint density at radius 2 is 1.13 bits per heavy atom. The second-order valence-electron chi connectivity index (χ2n) is 2.64. The van der Waals surface area contributed by atoms with Gasteiger partial charge >= 0.3 is 6.18 Å². The fourth-order valence-corrected chi connectivity index (χ4v) is 3.39. The van der Waals surface area contributed by atoms with Gasteiger partial charge in [-0.3, -0.25) is 0 Å². The number of rotatable bonds is 0. The first-order valence-electron chi connectivity index (χ1n) is 3.46. The second kappa shape index (κ2) is 4.14. The zero-order chi connectivity index (χ0) is 12.0. The maximum absolute atomic E-state index is 12.6. The molecule has 0 unspecified atom stereocenters. The van der Waals surface area contributed by atoms with Gasteiger partial charge in [0.15, 0.2) is 0 Å². The van der Waals surface area contributed by atoms with Crippen LogP contribution in [0.25, 0.3) is 0 Å². The van der Waals surface area contributed by atoms with Crippen molar-refractivity contribution in [2.75, 3.05) is 11.5 Å². The van der Waals surface area contributed by atoms with Crippen molar-refractivity contribution in [2.24, 2.45) is 0 Å². The van der Waals surface area contributed by atoms with Crippen LogP contribution in [0.1, 0.15) is 5.56 Å². The largest absolute Gasteiger partial charge is 0.418 e. The van der Waals surface area contributed by atoms with Crippen molar-refractivity contribution in [3.05, 3.63) is 19.0 Å². The fraction of sp³-hybridized carbons (Fsp3) is 0.143. The number of hydrogen-bond acceptors (Lipinski definition) is 2. The first kappa shape index (κ1) is 13.1. The minimum atomic E-state index is -4.53. The van der Waals surface area contributed by atoms with Crippen molar-refractivity contribution in [3.8, 4) is 0 Å². The van der Waals surface area contributed by atoms with E-state index in [-0.39, 0.29) is 24.8 Å². The molecule has 0 spiro atoms. The SMILES string of the molecule is Nc1c(Br)c(N)c(Br)c(C(F)(F)F)c1Br. The van der Waals surface area contributed by atoms with Crippen molar-refractivity contribution < 1.29 is 13.2 Å². The average Bonchev–Trinajstić information content (AvgIpc) is 2.09. The van der Waals surface area contributed by atoms with Crippen LogP contribution in [0, 0.1) is 0 Å². The molecule has 0 atom stereocenters. The third kappa shape index (κ3) is 2.26. The molecule has 0 aliphatic rings. The Hall–Kier alpha value is 0.0500. The Labute approximate surface area is 109 Å². The molecule has 15 heavy (non-hydrogen) atoms. The standard InChI is InChI=1S/C7H4Br3F3N2/c8-2-1(7(11,12)13)3(9)6(15)4(10)5(2)14/h14-15H2. The summed E-state index contributed by atoms with van der Waals surface area (Å²) < 4.78 is 37.6. The zero-order valence-electron chi connectivity index (χ0n) is 6.92. The molecule has 0 fully saturated rings. The van der Waals surface area contributed by atoms with E-state index in [0.29, 0.717) is 0 Å². The lowest BCUT2D eigenvalue weighted by atomic mass is 10.1. The topological polar surface area (TPSA) is 52.0 Å². The third-order valence-corrected chi connectivity index (χ3v) is 4.17. The molecular weight excluding hydrogens is 409 g/mol.